The Morgan fingerprint density at radius 2 is 2.25 bits per heavy atom. The van der Waals surface area contributed by atoms with Gasteiger partial charge < -0.3 is 5.32 Å². The average molecular weight is 388 g/mol. The van der Waals surface area contributed by atoms with Crippen molar-refractivity contribution in [3.05, 3.63) is 19.2 Å². The Hall–Kier alpha value is 0.420. The molecule has 6 heteroatoms. The standard InChI is InChI=1S/C10H10Br2ClNOS/c11-7-3-6(8(12)16-7)9(15)14-5-10(4-13)1-2-10/h3H,1-2,4-5H2,(H,14,15). The quantitative estimate of drug-likeness (QED) is 0.777. The highest BCUT2D eigenvalue weighted by Gasteiger charge is 2.41. The van der Waals surface area contributed by atoms with E-state index in [2.05, 4.69) is 37.2 Å². The van der Waals surface area contributed by atoms with E-state index in [1.165, 1.54) is 11.3 Å². The summed E-state index contributed by atoms with van der Waals surface area (Å²) in [4.78, 5) is 11.9. The number of carbonyl (C=O) groups is 1. The summed E-state index contributed by atoms with van der Waals surface area (Å²) in [6.07, 6.45) is 2.23. The van der Waals surface area contributed by atoms with Crippen LogP contribution in [-0.4, -0.2) is 18.3 Å². The largest absolute Gasteiger partial charge is 0.351 e. The van der Waals surface area contributed by atoms with Gasteiger partial charge in [-0.3, -0.25) is 4.79 Å². The van der Waals surface area contributed by atoms with Gasteiger partial charge in [-0.2, -0.15) is 0 Å². The van der Waals surface area contributed by atoms with Crippen LogP contribution in [0.3, 0.4) is 0 Å². The van der Waals surface area contributed by atoms with Gasteiger partial charge in [0.15, 0.2) is 0 Å². The van der Waals surface area contributed by atoms with Gasteiger partial charge in [0.05, 0.1) is 13.1 Å². The minimum absolute atomic E-state index is 0.0368. The Balaban J connectivity index is 1.96. The summed E-state index contributed by atoms with van der Waals surface area (Å²) in [5, 5.41) is 2.94. The molecule has 0 bridgehead atoms. The zero-order valence-electron chi connectivity index (χ0n) is 8.36. The van der Waals surface area contributed by atoms with E-state index in [4.69, 9.17) is 11.6 Å². The summed E-state index contributed by atoms with van der Waals surface area (Å²) in [7, 11) is 0. The fraction of sp³-hybridized carbons (Fsp3) is 0.500. The summed E-state index contributed by atoms with van der Waals surface area (Å²) >= 11 is 14.1. The summed E-state index contributed by atoms with van der Waals surface area (Å²) in [5.74, 6) is 0.590. The maximum atomic E-state index is 11.9. The van der Waals surface area contributed by atoms with Crippen LogP contribution in [0, 0.1) is 5.41 Å². The van der Waals surface area contributed by atoms with Crippen molar-refractivity contribution in [1.29, 1.82) is 0 Å². The van der Waals surface area contributed by atoms with Gasteiger partial charge in [0, 0.05) is 17.8 Å². The third-order valence-electron chi connectivity index (χ3n) is 2.77. The summed E-state index contributed by atoms with van der Waals surface area (Å²) < 4.78 is 1.80. The van der Waals surface area contributed by atoms with Crippen LogP contribution in [0.4, 0.5) is 0 Å². The first-order chi connectivity index (χ1) is 7.56. The number of halogens is 3. The number of nitrogens with one attached hydrogen (secondary N) is 1. The Kier molecular flexibility index (Phi) is 3.99. The monoisotopic (exact) mass is 385 g/mol. The maximum Gasteiger partial charge on any atom is 0.253 e. The van der Waals surface area contributed by atoms with Crippen LogP contribution in [-0.2, 0) is 0 Å². The molecule has 1 N–H and O–H groups in total. The molecule has 0 aliphatic heterocycles. The van der Waals surface area contributed by atoms with Gasteiger partial charge in [0.2, 0.25) is 0 Å². The SMILES string of the molecule is O=C(NCC1(CCl)CC1)c1cc(Br)sc1Br. The molecule has 1 saturated carbocycles. The van der Waals surface area contributed by atoms with Gasteiger partial charge in [-0.05, 0) is 50.8 Å². The minimum Gasteiger partial charge on any atom is -0.351 e. The van der Waals surface area contributed by atoms with Crippen LogP contribution in [0.5, 0.6) is 0 Å². The second kappa shape index (κ2) is 4.96. The van der Waals surface area contributed by atoms with Crippen molar-refractivity contribution in [3.63, 3.8) is 0 Å². The molecule has 2 nitrogen and oxygen atoms in total. The summed E-state index contributed by atoms with van der Waals surface area (Å²) in [5.41, 5.74) is 0.846. The average Bonchev–Trinajstić information content (AvgIpc) is 2.96. The minimum atomic E-state index is -0.0368. The Bertz CT molecular complexity index is 417. The van der Waals surface area contributed by atoms with Crippen molar-refractivity contribution in [2.24, 2.45) is 5.41 Å². The highest BCUT2D eigenvalue weighted by Crippen LogP contribution is 2.46. The molecule has 1 aliphatic carbocycles. The van der Waals surface area contributed by atoms with E-state index in [0.717, 1.165) is 20.4 Å². The lowest BCUT2D eigenvalue weighted by atomic mass is 10.1. The number of alkyl halides is 1. The Labute approximate surface area is 120 Å². The molecule has 2 rings (SSSR count). The third kappa shape index (κ3) is 2.81. The number of rotatable bonds is 4. The van der Waals surface area contributed by atoms with Gasteiger partial charge in [-0.15, -0.1) is 22.9 Å². The van der Waals surface area contributed by atoms with Crippen LogP contribution < -0.4 is 5.32 Å². The van der Waals surface area contributed by atoms with E-state index in [1.807, 2.05) is 6.07 Å². The zero-order valence-corrected chi connectivity index (χ0v) is 13.1. The van der Waals surface area contributed by atoms with E-state index >= 15 is 0 Å². The molecule has 0 atom stereocenters. The normalized spacial score (nSPS) is 17.2. The highest BCUT2D eigenvalue weighted by molar-refractivity contribution is 9.12. The summed E-state index contributed by atoms with van der Waals surface area (Å²) in [6, 6.07) is 1.82. The first-order valence-electron chi connectivity index (χ1n) is 4.85. The van der Waals surface area contributed by atoms with E-state index in [-0.39, 0.29) is 11.3 Å². The summed E-state index contributed by atoms with van der Waals surface area (Å²) in [6.45, 7) is 0.676. The molecule has 88 valence electrons. The van der Waals surface area contributed by atoms with Crippen molar-refractivity contribution < 1.29 is 4.79 Å². The van der Waals surface area contributed by atoms with E-state index in [0.29, 0.717) is 18.0 Å². The first-order valence-corrected chi connectivity index (χ1v) is 7.79. The molecule has 1 aromatic rings. The van der Waals surface area contributed by atoms with Crippen LogP contribution in [0.15, 0.2) is 13.6 Å². The Morgan fingerprint density at radius 1 is 1.56 bits per heavy atom. The Morgan fingerprint density at radius 3 is 2.69 bits per heavy atom. The molecule has 0 unspecified atom stereocenters. The molecule has 16 heavy (non-hydrogen) atoms. The maximum absolute atomic E-state index is 11.9. The van der Waals surface area contributed by atoms with Crippen molar-refractivity contribution >= 4 is 60.7 Å². The molecule has 0 spiro atoms. The molecular formula is C10H10Br2ClNOS. The fourth-order valence-electron chi connectivity index (χ4n) is 1.39. The fourth-order valence-corrected chi connectivity index (χ4v) is 4.55. The number of thiophene rings is 1. The second-order valence-electron chi connectivity index (χ2n) is 4.05. The predicted octanol–water partition coefficient (Wildman–Crippen LogP) is 4.02. The van der Waals surface area contributed by atoms with E-state index in [1.54, 1.807) is 0 Å². The topological polar surface area (TPSA) is 29.1 Å². The molecule has 0 radical (unpaired) electrons. The smallest absolute Gasteiger partial charge is 0.253 e. The molecule has 1 aliphatic rings. The predicted molar refractivity (Wildman–Crippen MR) is 74.4 cm³/mol. The van der Waals surface area contributed by atoms with Crippen molar-refractivity contribution in [2.75, 3.05) is 12.4 Å². The lowest BCUT2D eigenvalue weighted by Gasteiger charge is -2.11. The van der Waals surface area contributed by atoms with Gasteiger partial charge >= 0.3 is 0 Å². The lowest BCUT2D eigenvalue weighted by molar-refractivity contribution is 0.0946. The van der Waals surface area contributed by atoms with Gasteiger partial charge in [-0.1, -0.05) is 0 Å². The molecule has 1 heterocycles. The van der Waals surface area contributed by atoms with E-state index < -0.39 is 0 Å². The van der Waals surface area contributed by atoms with Crippen molar-refractivity contribution in [3.8, 4) is 0 Å². The molecular weight excluding hydrogens is 377 g/mol. The molecule has 0 saturated heterocycles. The van der Waals surface area contributed by atoms with Crippen LogP contribution >= 0.6 is 54.8 Å². The van der Waals surface area contributed by atoms with Gasteiger partial charge in [0.1, 0.15) is 0 Å². The number of amides is 1. The lowest BCUT2D eigenvalue weighted by Crippen LogP contribution is -2.30. The number of carbonyl (C=O) groups excluding carboxylic acids is 1. The molecule has 1 fully saturated rings. The molecule has 0 aromatic carbocycles. The van der Waals surface area contributed by atoms with Crippen LogP contribution in [0.1, 0.15) is 23.2 Å². The number of hydrogen-bond donors (Lipinski definition) is 1. The van der Waals surface area contributed by atoms with E-state index in [9.17, 15) is 4.79 Å². The highest BCUT2D eigenvalue weighted by atomic mass is 79.9. The zero-order chi connectivity index (χ0) is 11.8. The molecule has 1 aromatic heterocycles. The third-order valence-corrected chi connectivity index (χ3v) is 5.67. The van der Waals surface area contributed by atoms with Crippen LogP contribution in [0.2, 0.25) is 0 Å². The molecule has 1 amide bonds. The first kappa shape index (κ1) is 12.9. The number of hydrogen-bond acceptors (Lipinski definition) is 2. The second-order valence-corrected chi connectivity index (χ2v) is 8.07. The van der Waals surface area contributed by atoms with Crippen molar-refractivity contribution in [1.82, 2.24) is 5.32 Å². The van der Waals surface area contributed by atoms with Gasteiger partial charge in [0.25, 0.3) is 5.91 Å². The van der Waals surface area contributed by atoms with Gasteiger partial charge in [-0.25, -0.2) is 0 Å². The van der Waals surface area contributed by atoms with Crippen molar-refractivity contribution in [2.45, 2.75) is 12.8 Å². The van der Waals surface area contributed by atoms with Crippen LogP contribution in [0.25, 0.3) is 0 Å².